The molecule has 0 saturated carbocycles. The van der Waals surface area contributed by atoms with E-state index in [4.69, 9.17) is 4.74 Å². The van der Waals surface area contributed by atoms with Crippen LogP contribution in [0.3, 0.4) is 0 Å². The molecule has 2 rings (SSSR count). The number of amides is 2. The van der Waals surface area contributed by atoms with Crippen LogP contribution in [0, 0.1) is 0 Å². The smallest absolute Gasteiger partial charge is 0.317 e. The van der Waals surface area contributed by atoms with Gasteiger partial charge < -0.3 is 15.0 Å². The summed E-state index contributed by atoms with van der Waals surface area (Å²) in [7, 11) is 0. The Morgan fingerprint density at radius 3 is 2.63 bits per heavy atom. The predicted molar refractivity (Wildman–Crippen MR) is 75.0 cm³/mol. The third-order valence-electron chi connectivity index (χ3n) is 3.37. The van der Waals surface area contributed by atoms with Crippen molar-refractivity contribution in [1.29, 1.82) is 0 Å². The van der Waals surface area contributed by atoms with Gasteiger partial charge in [0.25, 0.3) is 0 Å². The first-order valence-electron chi connectivity index (χ1n) is 7.00. The Morgan fingerprint density at radius 2 is 2.00 bits per heavy atom. The third kappa shape index (κ3) is 3.96. The lowest BCUT2D eigenvalue weighted by molar-refractivity contribution is 0.0629. The number of urea groups is 1. The minimum absolute atomic E-state index is 0.0261. The van der Waals surface area contributed by atoms with Crippen LogP contribution in [0.5, 0.6) is 0 Å². The van der Waals surface area contributed by atoms with E-state index in [2.05, 4.69) is 5.32 Å². The molecule has 1 aliphatic rings. The fourth-order valence-electron chi connectivity index (χ4n) is 2.35. The molecule has 0 spiro atoms. The summed E-state index contributed by atoms with van der Waals surface area (Å²) in [5.41, 5.74) is 1.10. The number of rotatable bonds is 5. The molecular formula is C15H22N2O2. The molecule has 19 heavy (non-hydrogen) atoms. The average molecular weight is 262 g/mol. The zero-order valence-electron chi connectivity index (χ0n) is 11.5. The van der Waals surface area contributed by atoms with Crippen molar-refractivity contribution in [1.82, 2.24) is 10.2 Å². The molecule has 0 aromatic heterocycles. The lowest BCUT2D eigenvalue weighted by Crippen LogP contribution is -2.40. The largest absolute Gasteiger partial charge is 0.372 e. The zero-order chi connectivity index (χ0) is 13.5. The molecule has 104 valence electrons. The molecule has 1 aromatic carbocycles. The standard InChI is InChI=1S/C15H22N2O2/c1-2-19-14(13-8-4-3-5-9-13)12-16-15(18)17-10-6-7-11-17/h3-5,8-9,14H,2,6-7,10-12H2,1H3,(H,16,18)/t14-/m1/s1. The maximum absolute atomic E-state index is 11.9. The maximum Gasteiger partial charge on any atom is 0.317 e. The first-order valence-corrected chi connectivity index (χ1v) is 7.00. The van der Waals surface area contributed by atoms with Gasteiger partial charge in [-0.3, -0.25) is 0 Å². The lowest BCUT2D eigenvalue weighted by Gasteiger charge is -2.21. The van der Waals surface area contributed by atoms with Crippen LogP contribution in [-0.4, -0.2) is 37.2 Å². The number of hydrogen-bond acceptors (Lipinski definition) is 2. The molecule has 0 bridgehead atoms. The van der Waals surface area contributed by atoms with Gasteiger partial charge in [0.1, 0.15) is 0 Å². The first-order chi connectivity index (χ1) is 9.31. The van der Waals surface area contributed by atoms with Gasteiger partial charge in [0, 0.05) is 26.2 Å². The number of nitrogens with one attached hydrogen (secondary N) is 1. The number of hydrogen-bond donors (Lipinski definition) is 1. The number of likely N-dealkylation sites (tertiary alicyclic amines) is 1. The number of ether oxygens (including phenoxy) is 1. The second kappa shape index (κ2) is 7.14. The second-order valence-corrected chi connectivity index (χ2v) is 4.73. The van der Waals surface area contributed by atoms with Crippen LogP contribution < -0.4 is 5.32 Å². The van der Waals surface area contributed by atoms with Gasteiger partial charge >= 0.3 is 6.03 Å². The topological polar surface area (TPSA) is 41.6 Å². The van der Waals surface area contributed by atoms with Crippen LogP contribution in [0.1, 0.15) is 31.4 Å². The highest BCUT2D eigenvalue weighted by atomic mass is 16.5. The number of carbonyl (C=O) groups excluding carboxylic acids is 1. The Hall–Kier alpha value is -1.55. The molecule has 4 nitrogen and oxygen atoms in total. The normalized spacial score (nSPS) is 16.4. The molecule has 1 atom stereocenters. The molecule has 1 heterocycles. The number of carbonyl (C=O) groups is 1. The van der Waals surface area contributed by atoms with Crippen molar-refractivity contribution in [3.8, 4) is 0 Å². The average Bonchev–Trinajstić information content (AvgIpc) is 2.98. The Kier molecular flexibility index (Phi) is 5.21. The van der Waals surface area contributed by atoms with E-state index >= 15 is 0 Å². The highest BCUT2D eigenvalue weighted by Gasteiger charge is 2.19. The molecule has 1 aliphatic heterocycles. The van der Waals surface area contributed by atoms with Crippen LogP contribution in [0.15, 0.2) is 30.3 Å². The van der Waals surface area contributed by atoms with Crippen LogP contribution >= 0.6 is 0 Å². The summed E-state index contributed by atoms with van der Waals surface area (Å²) in [6.07, 6.45) is 2.15. The predicted octanol–water partition coefficient (Wildman–Crippen LogP) is 2.57. The van der Waals surface area contributed by atoms with E-state index in [1.54, 1.807) is 0 Å². The minimum Gasteiger partial charge on any atom is -0.372 e. The summed E-state index contributed by atoms with van der Waals surface area (Å²) in [5, 5.41) is 2.97. The van der Waals surface area contributed by atoms with Gasteiger partial charge in [0.05, 0.1) is 6.10 Å². The van der Waals surface area contributed by atoms with Gasteiger partial charge in [0.15, 0.2) is 0 Å². The number of benzene rings is 1. The summed E-state index contributed by atoms with van der Waals surface area (Å²) in [5.74, 6) is 0. The van der Waals surface area contributed by atoms with Crippen molar-refractivity contribution in [2.45, 2.75) is 25.9 Å². The van der Waals surface area contributed by atoms with Gasteiger partial charge in [-0.1, -0.05) is 30.3 Å². The van der Waals surface area contributed by atoms with Crippen molar-refractivity contribution < 1.29 is 9.53 Å². The van der Waals surface area contributed by atoms with E-state index < -0.39 is 0 Å². The molecule has 1 aromatic rings. The maximum atomic E-state index is 11.9. The molecule has 0 unspecified atom stereocenters. The summed E-state index contributed by atoms with van der Waals surface area (Å²) in [4.78, 5) is 13.8. The summed E-state index contributed by atoms with van der Waals surface area (Å²) < 4.78 is 5.71. The van der Waals surface area contributed by atoms with E-state index in [1.165, 1.54) is 0 Å². The van der Waals surface area contributed by atoms with Crippen molar-refractivity contribution in [2.75, 3.05) is 26.2 Å². The fraction of sp³-hybridized carbons (Fsp3) is 0.533. The van der Waals surface area contributed by atoms with Crippen LogP contribution in [-0.2, 0) is 4.74 Å². The highest BCUT2D eigenvalue weighted by Crippen LogP contribution is 2.16. The van der Waals surface area contributed by atoms with Crippen LogP contribution in [0.25, 0.3) is 0 Å². The van der Waals surface area contributed by atoms with Crippen molar-refractivity contribution in [3.63, 3.8) is 0 Å². The zero-order valence-corrected chi connectivity index (χ0v) is 11.5. The van der Waals surface area contributed by atoms with Crippen LogP contribution in [0.2, 0.25) is 0 Å². The highest BCUT2D eigenvalue weighted by molar-refractivity contribution is 5.74. The van der Waals surface area contributed by atoms with Crippen molar-refractivity contribution in [2.24, 2.45) is 0 Å². The van der Waals surface area contributed by atoms with Gasteiger partial charge in [-0.2, -0.15) is 0 Å². The fourth-order valence-corrected chi connectivity index (χ4v) is 2.35. The molecule has 1 fully saturated rings. The van der Waals surface area contributed by atoms with E-state index in [-0.39, 0.29) is 12.1 Å². The van der Waals surface area contributed by atoms with Crippen molar-refractivity contribution in [3.05, 3.63) is 35.9 Å². The molecule has 2 amide bonds. The number of nitrogens with zero attached hydrogens (tertiary/aromatic N) is 1. The molecule has 1 saturated heterocycles. The van der Waals surface area contributed by atoms with E-state index in [0.717, 1.165) is 31.5 Å². The summed E-state index contributed by atoms with van der Waals surface area (Å²) in [6.45, 7) is 4.87. The lowest BCUT2D eigenvalue weighted by atomic mass is 10.1. The molecule has 0 aliphatic carbocycles. The second-order valence-electron chi connectivity index (χ2n) is 4.73. The summed E-state index contributed by atoms with van der Waals surface area (Å²) >= 11 is 0. The minimum atomic E-state index is -0.0715. The van der Waals surface area contributed by atoms with Gasteiger partial charge in [-0.05, 0) is 25.3 Å². The van der Waals surface area contributed by atoms with E-state index in [0.29, 0.717) is 13.2 Å². The third-order valence-corrected chi connectivity index (χ3v) is 3.37. The van der Waals surface area contributed by atoms with E-state index in [9.17, 15) is 4.79 Å². The monoisotopic (exact) mass is 262 g/mol. The molecule has 4 heteroatoms. The van der Waals surface area contributed by atoms with Gasteiger partial charge in [0.2, 0.25) is 0 Å². The summed E-state index contributed by atoms with van der Waals surface area (Å²) in [6, 6.07) is 10.0. The molecular weight excluding hydrogens is 240 g/mol. The van der Waals surface area contributed by atoms with Gasteiger partial charge in [-0.25, -0.2) is 4.79 Å². The Morgan fingerprint density at radius 1 is 1.32 bits per heavy atom. The Labute approximate surface area is 114 Å². The molecule has 0 radical (unpaired) electrons. The van der Waals surface area contributed by atoms with Crippen molar-refractivity contribution >= 4 is 6.03 Å². The first kappa shape index (κ1) is 13.9. The van der Waals surface area contributed by atoms with Crippen LogP contribution in [0.4, 0.5) is 4.79 Å². The Bertz CT molecular complexity index is 388. The van der Waals surface area contributed by atoms with Gasteiger partial charge in [-0.15, -0.1) is 0 Å². The van der Waals surface area contributed by atoms with E-state index in [1.807, 2.05) is 42.2 Å². The Balaban J connectivity index is 1.88. The SMILES string of the molecule is CCO[C@H](CNC(=O)N1CCCC1)c1ccccc1. The quantitative estimate of drug-likeness (QED) is 0.886. The molecule has 1 N–H and O–H groups in total.